The van der Waals surface area contributed by atoms with Crippen molar-refractivity contribution in [3.05, 3.63) is 70.3 Å². The van der Waals surface area contributed by atoms with Crippen LogP contribution in [0, 0.1) is 10.1 Å². The van der Waals surface area contributed by atoms with Crippen molar-refractivity contribution >= 4 is 11.6 Å². The molecule has 0 aliphatic heterocycles. The number of rotatable bonds is 6. The standard InChI is InChI=1S/C17H18N2O4/c1-13(23-16-11-7-6-10-15(16)19(21)22)17(20)18(2)12-14-8-4-3-5-9-14/h3-11,13H,12H2,1-2H3/t13-/m1/s1. The number of nitrogens with zero attached hydrogens (tertiary/aromatic N) is 2. The summed E-state index contributed by atoms with van der Waals surface area (Å²) >= 11 is 0. The van der Waals surface area contributed by atoms with Gasteiger partial charge in [0.1, 0.15) is 0 Å². The molecule has 0 fully saturated rings. The molecule has 0 aliphatic carbocycles. The largest absolute Gasteiger partial charge is 0.474 e. The van der Waals surface area contributed by atoms with Crippen molar-refractivity contribution in [2.45, 2.75) is 19.6 Å². The van der Waals surface area contributed by atoms with E-state index in [1.54, 1.807) is 26.1 Å². The van der Waals surface area contributed by atoms with Crippen molar-refractivity contribution in [2.24, 2.45) is 0 Å². The molecule has 2 rings (SSSR count). The number of carbonyl (C=O) groups excluding carboxylic acids is 1. The summed E-state index contributed by atoms with van der Waals surface area (Å²) in [6.45, 7) is 2.03. The molecule has 2 aromatic rings. The van der Waals surface area contributed by atoms with Crippen molar-refractivity contribution in [1.82, 2.24) is 4.90 Å². The summed E-state index contributed by atoms with van der Waals surface area (Å²) in [4.78, 5) is 24.4. The molecule has 6 nitrogen and oxygen atoms in total. The van der Waals surface area contributed by atoms with Crippen LogP contribution < -0.4 is 4.74 Å². The summed E-state index contributed by atoms with van der Waals surface area (Å²) in [6.07, 6.45) is -0.815. The molecule has 0 heterocycles. The molecule has 0 aromatic heterocycles. The Hall–Kier alpha value is -2.89. The number of ether oxygens (including phenoxy) is 1. The van der Waals surface area contributed by atoms with Gasteiger partial charge in [0.05, 0.1) is 4.92 Å². The first-order chi connectivity index (χ1) is 11.0. The second kappa shape index (κ2) is 7.40. The maximum Gasteiger partial charge on any atom is 0.310 e. The monoisotopic (exact) mass is 314 g/mol. The molecule has 0 saturated heterocycles. The topological polar surface area (TPSA) is 72.7 Å². The van der Waals surface area contributed by atoms with Crippen molar-refractivity contribution < 1.29 is 14.5 Å². The van der Waals surface area contributed by atoms with Crippen LogP contribution in [0.1, 0.15) is 12.5 Å². The van der Waals surface area contributed by atoms with E-state index in [2.05, 4.69) is 0 Å². The second-order valence-electron chi connectivity index (χ2n) is 5.16. The number of para-hydroxylation sites is 2. The van der Waals surface area contributed by atoms with E-state index in [1.807, 2.05) is 30.3 Å². The van der Waals surface area contributed by atoms with E-state index in [1.165, 1.54) is 17.0 Å². The molecule has 0 bridgehead atoms. The minimum Gasteiger partial charge on any atom is -0.474 e. The number of carbonyl (C=O) groups is 1. The highest BCUT2D eigenvalue weighted by molar-refractivity contribution is 5.80. The van der Waals surface area contributed by atoms with Gasteiger partial charge in [0, 0.05) is 19.7 Å². The van der Waals surface area contributed by atoms with Crippen LogP contribution in [0.2, 0.25) is 0 Å². The number of nitro benzene ring substituents is 1. The first-order valence-corrected chi connectivity index (χ1v) is 7.18. The van der Waals surface area contributed by atoms with E-state index in [9.17, 15) is 14.9 Å². The van der Waals surface area contributed by atoms with Crippen LogP contribution in [0.15, 0.2) is 54.6 Å². The van der Waals surface area contributed by atoms with Gasteiger partial charge in [0.25, 0.3) is 5.91 Å². The van der Waals surface area contributed by atoms with Crippen LogP contribution >= 0.6 is 0 Å². The van der Waals surface area contributed by atoms with Gasteiger partial charge in [0.15, 0.2) is 11.9 Å². The third-order valence-electron chi connectivity index (χ3n) is 3.35. The summed E-state index contributed by atoms with van der Waals surface area (Å²) in [5, 5.41) is 11.0. The molecular formula is C17H18N2O4. The predicted octanol–water partition coefficient (Wildman–Crippen LogP) is 3.02. The van der Waals surface area contributed by atoms with Gasteiger partial charge in [-0.25, -0.2) is 0 Å². The van der Waals surface area contributed by atoms with Crippen LogP contribution in [-0.4, -0.2) is 28.9 Å². The molecule has 0 spiro atoms. The fraction of sp³-hybridized carbons (Fsp3) is 0.235. The van der Waals surface area contributed by atoms with Crippen molar-refractivity contribution in [1.29, 1.82) is 0 Å². The molecule has 0 aliphatic rings. The van der Waals surface area contributed by atoms with Gasteiger partial charge in [-0.2, -0.15) is 0 Å². The van der Waals surface area contributed by atoms with Crippen LogP contribution in [0.3, 0.4) is 0 Å². The zero-order valence-electron chi connectivity index (χ0n) is 13.0. The minimum absolute atomic E-state index is 0.0893. The summed E-state index contributed by atoms with van der Waals surface area (Å²) in [6, 6.07) is 15.6. The number of nitro groups is 1. The number of hydrogen-bond acceptors (Lipinski definition) is 4. The fourth-order valence-electron chi connectivity index (χ4n) is 2.19. The number of amides is 1. The van der Waals surface area contributed by atoms with E-state index in [0.29, 0.717) is 6.54 Å². The summed E-state index contributed by atoms with van der Waals surface area (Å²) in [5.41, 5.74) is 0.846. The molecule has 0 unspecified atom stereocenters. The zero-order valence-corrected chi connectivity index (χ0v) is 13.0. The average Bonchev–Trinajstić information content (AvgIpc) is 2.55. The van der Waals surface area contributed by atoms with Gasteiger partial charge in [-0.05, 0) is 18.6 Å². The van der Waals surface area contributed by atoms with Crippen LogP contribution in [0.5, 0.6) is 5.75 Å². The first-order valence-electron chi connectivity index (χ1n) is 7.18. The Kier molecular flexibility index (Phi) is 5.30. The highest BCUT2D eigenvalue weighted by Gasteiger charge is 2.23. The summed E-state index contributed by atoms with van der Waals surface area (Å²) in [7, 11) is 1.68. The van der Waals surface area contributed by atoms with Gasteiger partial charge in [0.2, 0.25) is 0 Å². The number of hydrogen-bond donors (Lipinski definition) is 0. The highest BCUT2D eigenvalue weighted by Crippen LogP contribution is 2.27. The third kappa shape index (κ3) is 4.29. The SMILES string of the molecule is C[C@@H](Oc1ccccc1[N+](=O)[O-])C(=O)N(C)Cc1ccccc1. The molecule has 23 heavy (non-hydrogen) atoms. The normalized spacial score (nSPS) is 11.6. The third-order valence-corrected chi connectivity index (χ3v) is 3.35. The van der Waals surface area contributed by atoms with Gasteiger partial charge < -0.3 is 9.64 Å². The lowest BCUT2D eigenvalue weighted by Gasteiger charge is -2.22. The smallest absolute Gasteiger partial charge is 0.310 e. The highest BCUT2D eigenvalue weighted by atomic mass is 16.6. The van der Waals surface area contributed by atoms with Crippen molar-refractivity contribution in [3.8, 4) is 5.75 Å². The van der Waals surface area contributed by atoms with E-state index < -0.39 is 11.0 Å². The van der Waals surface area contributed by atoms with Crippen LogP contribution in [0.25, 0.3) is 0 Å². The molecule has 0 N–H and O–H groups in total. The Labute approximate surface area is 134 Å². The van der Waals surface area contributed by atoms with E-state index in [0.717, 1.165) is 5.56 Å². The van der Waals surface area contributed by atoms with Gasteiger partial charge in [-0.15, -0.1) is 0 Å². The Bertz CT molecular complexity index is 688. The Morgan fingerprint density at radius 3 is 2.43 bits per heavy atom. The van der Waals surface area contributed by atoms with Crippen molar-refractivity contribution in [3.63, 3.8) is 0 Å². The number of benzene rings is 2. The predicted molar refractivity (Wildman–Crippen MR) is 86.1 cm³/mol. The molecule has 0 radical (unpaired) electrons. The molecule has 2 aromatic carbocycles. The van der Waals surface area contributed by atoms with Crippen LogP contribution in [0.4, 0.5) is 5.69 Å². The lowest BCUT2D eigenvalue weighted by Crippen LogP contribution is -2.37. The molecule has 6 heteroatoms. The Balaban J connectivity index is 2.04. The van der Waals surface area contributed by atoms with Crippen molar-refractivity contribution in [2.75, 3.05) is 7.05 Å². The fourth-order valence-corrected chi connectivity index (χ4v) is 2.19. The lowest BCUT2D eigenvalue weighted by atomic mass is 10.2. The maximum atomic E-state index is 12.4. The van der Waals surface area contributed by atoms with E-state index in [-0.39, 0.29) is 17.3 Å². The average molecular weight is 314 g/mol. The number of likely N-dealkylation sites (N-methyl/N-ethyl adjacent to an activating group) is 1. The first kappa shape index (κ1) is 16.5. The maximum absolute atomic E-state index is 12.4. The van der Waals surface area contributed by atoms with E-state index >= 15 is 0 Å². The van der Waals surface area contributed by atoms with Gasteiger partial charge in [-0.1, -0.05) is 42.5 Å². The van der Waals surface area contributed by atoms with Gasteiger partial charge >= 0.3 is 5.69 Å². The Morgan fingerprint density at radius 1 is 1.17 bits per heavy atom. The zero-order chi connectivity index (χ0) is 16.8. The molecule has 1 amide bonds. The molecular weight excluding hydrogens is 296 g/mol. The van der Waals surface area contributed by atoms with Crippen LogP contribution in [-0.2, 0) is 11.3 Å². The Morgan fingerprint density at radius 2 is 1.78 bits per heavy atom. The van der Waals surface area contributed by atoms with E-state index in [4.69, 9.17) is 4.74 Å². The lowest BCUT2D eigenvalue weighted by molar-refractivity contribution is -0.386. The quantitative estimate of drug-likeness (QED) is 0.607. The molecule has 120 valence electrons. The molecule has 0 saturated carbocycles. The second-order valence-corrected chi connectivity index (χ2v) is 5.16. The summed E-state index contributed by atoms with van der Waals surface area (Å²) < 4.78 is 5.49. The minimum atomic E-state index is -0.815. The van der Waals surface area contributed by atoms with Gasteiger partial charge in [-0.3, -0.25) is 14.9 Å². The summed E-state index contributed by atoms with van der Waals surface area (Å²) in [5.74, 6) is -0.154. The molecule has 1 atom stereocenters.